The minimum atomic E-state index is -0.632. The number of nitrogens with zero attached hydrogens (tertiary/aromatic N) is 3. The molecule has 0 bridgehead atoms. The molecule has 2 amide bonds. The number of rotatable bonds is 3. The monoisotopic (exact) mass is 317 g/mol. The summed E-state index contributed by atoms with van der Waals surface area (Å²) in [4.78, 5) is 28.5. The van der Waals surface area contributed by atoms with E-state index in [1.165, 1.54) is 0 Å². The molecule has 0 spiro atoms. The first kappa shape index (κ1) is 16.9. The van der Waals surface area contributed by atoms with Crippen molar-refractivity contribution in [3.05, 3.63) is 18.0 Å². The molecule has 124 valence electrons. The van der Waals surface area contributed by atoms with E-state index in [9.17, 15) is 9.59 Å². The van der Waals surface area contributed by atoms with E-state index in [2.05, 4.69) is 20.7 Å². The minimum absolute atomic E-state index is 0.170. The minimum Gasteiger partial charge on any atom is -0.344 e. The molecule has 2 rings (SSSR count). The molecular weight excluding hydrogens is 294 g/mol. The number of aryl methyl sites for hydroxylation is 2. The zero-order chi connectivity index (χ0) is 17.4. The average Bonchev–Trinajstić information content (AvgIpc) is 2.72. The van der Waals surface area contributed by atoms with Crippen LogP contribution in [0.4, 0.5) is 5.69 Å². The van der Waals surface area contributed by atoms with Gasteiger partial charge in [0.05, 0.1) is 17.6 Å². The molecule has 2 aromatic heterocycles. The van der Waals surface area contributed by atoms with Gasteiger partial charge in [-0.25, -0.2) is 4.98 Å². The summed E-state index contributed by atoms with van der Waals surface area (Å²) in [5, 5.41) is 10.7. The molecule has 1 unspecified atom stereocenters. The number of anilines is 1. The Kier molecular flexibility index (Phi) is 4.40. The second kappa shape index (κ2) is 5.98. The van der Waals surface area contributed by atoms with Gasteiger partial charge in [-0.2, -0.15) is 5.10 Å². The fourth-order valence-corrected chi connectivity index (χ4v) is 2.11. The first-order valence-electron chi connectivity index (χ1n) is 7.51. The molecule has 0 saturated heterocycles. The van der Waals surface area contributed by atoms with Crippen LogP contribution < -0.4 is 10.6 Å². The van der Waals surface area contributed by atoms with Gasteiger partial charge in [-0.3, -0.25) is 14.3 Å². The Labute approximate surface area is 135 Å². The first-order chi connectivity index (χ1) is 10.6. The van der Waals surface area contributed by atoms with Gasteiger partial charge in [0.15, 0.2) is 5.65 Å². The first-order valence-corrected chi connectivity index (χ1v) is 7.51. The molecule has 7 heteroatoms. The standard InChI is InChI=1S/C16H23N5O2/c1-9-12-7-11(8-17-13(12)21(6)20-9)19-14(22)10(2)18-15(23)16(3,4)5/h7-8,10H,1-6H3,(H,18,23)(H,19,22). The molecule has 0 aliphatic rings. The smallest absolute Gasteiger partial charge is 0.246 e. The second-order valence-corrected chi connectivity index (χ2v) is 6.74. The molecule has 2 heterocycles. The van der Waals surface area contributed by atoms with Crippen molar-refractivity contribution in [3.63, 3.8) is 0 Å². The van der Waals surface area contributed by atoms with E-state index < -0.39 is 11.5 Å². The predicted octanol–water partition coefficient (Wildman–Crippen LogP) is 1.77. The van der Waals surface area contributed by atoms with Crippen LogP contribution in [0.25, 0.3) is 11.0 Å². The molecule has 0 aliphatic carbocycles. The topological polar surface area (TPSA) is 88.9 Å². The van der Waals surface area contributed by atoms with Crippen LogP contribution in [-0.2, 0) is 16.6 Å². The van der Waals surface area contributed by atoms with E-state index in [1.807, 2.05) is 20.0 Å². The number of aromatic nitrogens is 3. The predicted molar refractivity (Wildman–Crippen MR) is 88.9 cm³/mol. The van der Waals surface area contributed by atoms with E-state index >= 15 is 0 Å². The maximum absolute atomic E-state index is 12.2. The van der Waals surface area contributed by atoms with E-state index in [0.29, 0.717) is 5.69 Å². The fraction of sp³-hybridized carbons (Fsp3) is 0.500. The van der Waals surface area contributed by atoms with Gasteiger partial charge in [0.2, 0.25) is 11.8 Å². The van der Waals surface area contributed by atoms with Crippen molar-refractivity contribution in [2.75, 3.05) is 5.32 Å². The van der Waals surface area contributed by atoms with Crippen LogP contribution in [0, 0.1) is 12.3 Å². The van der Waals surface area contributed by atoms with Crippen molar-refractivity contribution < 1.29 is 9.59 Å². The summed E-state index contributed by atoms with van der Waals surface area (Å²) in [6.07, 6.45) is 1.58. The number of nitrogens with one attached hydrogen (secondary N) is 2. The highest BCUT2D eigenvalue weighted by Crippen LogP contribution is 2.19. The summed E-state index contributed by atoms with van der Waals surface area (Å²) in [6, 6.07) is 1.20. The van der Waals surface area contributed by atoms with Gasteiger partial charge in [-0.1, -0.05) is 20.8 Å². The summed E-state index contributed by atoms with van der Waals surface area (Å²) < 4.78 is 1.70. The lowest BCUT2D eigenvalue weighted by Gasteiger charge is -2.21. The van der Waals surface area contributed by atoms with Crippen LogP contribution in [0.5, 0.6) is 0 Å². The second-order valence-electron chi connectivity index (χ2n) is 6.74. The molecule has 0 fully saturated rings. The summed E-state index contributed by atoms with van der Waals surface area (Å²) in [7, 11) is 1.82. The highest BCUT2D eigenvalue weighted by atomic mass is 16.2. The normalized spacial score (nSPS) is 13.0. The van der Waals surface area contributed by atoms with Crippen molar-refractivity contribution in [1.82, 2.24) is 20.1 Å². The Bertz CT molecular complexity index is 758. The van der Waals surface area contributed by atoms with E-state index in [4.69, 9.17) is 0 Å². The maximum atomic E-state index is 12.2. The number of carbonyl (C=O) groups excluding carboxylic acids is 2. The molecule has 7 nitrogen and oxygen atoms in total. The number of hydrogen-bond acceptors (Lipinski definition) is 4. The van der Waals surface area contributed by atoms with Crippen LogP contribution in [0.1, 0.15) is 33.4 Å². The highest BCUT2D eigenvalue weighted by Gasteiger charge is 2.25. The van der Waals surface area contributed by atoms with Gasteiger partial charge in [0, 0.05) is 17.8 Å². The maximum Gasteiger partial charge on any atom is 0.246 e. The molecule has 0 aliphatic heterocycles. The molecular formula is C16H23N5O2. The molecule has 0 saturated carbocycles. The van der Waals surface area contributed by atoms with Gasteiger partial charge in [-0.05, 0) is 19.9 Å². The molecule has 23 heavy (non-hydrogen) atoms. The third-order valence-corrected chi connectivity index (χ3v) is 3.55. The summed E-state index contributed by atoms with van der Waals surface area (Å²) in [5.41, 5.74) is 1.65. The lowest BCUT2D eigenvalue weighted by molar-refractivity contribution is -0.131. The molecule has 0 radical (unpaired) electrons. The highest BCUT2D eigenvalue weighted by molar-refractivity contribution is 5.98. The van der Waals surface area contributed by atoms with Crippen LogP contribution in [0.3, 0.4) is 0 Å². The summed E-state index contributed by atoms with van der Waals surface area (Å²) >= 11 is 0. The Morgan fingerprint density at radius 2 is 1.96 bits per heavy atom. The zero-order valence-electron chi connectivity index (χ0n) is 14.4. The van der Waals surface area contributed by atoms with Gasteiger partial charge in [0.25, 0.3) is 0 Å². The third kappa shape index (κ3) is 3.67. The van der Waals surface area contributed by atoms with E-state index in [-0.39, 0.29) is 11.8 Å². The number of pyridine rings is 1. The zero-order valence-corrected chi connectivity index (χ0v) is 14.4. The van der Waals surface area contributed by atoms with Gasteiger partial charge < -0.3 is 10.6 Å². The average molecular weight is 317 g/mol. The number of hydrogen-bond donors (Lipinski definition) is 2. The van der Waals surface area contributed by atoms with Crippen molar-refractivity contribution in [1.29, 1.82) is 0 Å². The summed E-state index contributed by atoms with van der Waals surface area (Å²) in [5.74, 6) is -0.456. The number of fused-ring (bicyclic) bond motifs is 1. The summed E-state index contributed by atoms with van der Waals surface area (Å²) in [6.45, 7) is 8.95. The third-order valence-electron chi connectivity index (χ3n) is 3.55. The number of carbonyl (C=O) groups is 2. The van der Waals surface area contributed by atoms with Gasteiger partial charge >= 0.3 is 0 Å². The number of amides is 2. The lowest BCUT2D eigenvalue weighted by Crippen LogP contribution is -2.46. The van der Waals surface area contributed by atoms with Crippen molar-refractivity contribution in [2.45, 2.75) is 40.7 Å². The van der Waals surface area contributed by atoms with Crippen LogP contribution >= 0.6 is 0 Å². The SMILES string of the molecule is Cc1nn(C)c2ncc(NC(=O)C(C)NC(=O)C(C)(C)C)cc12. The Balaban J connectivity index is 2.11. The van der Waals surface area contributed by atoms with E-state index in [0.717, 1.165) is 16.7 Å². The molecule has 2 N–H and O–H groups in total. The van der Waals surface area contributed by atoms with Crippen molar-refractivity contribution in [2.24, 2.45) is 12.5 Å². The van der Waals surface area contributed by atoms with Gasteiger partial charge in [-0.15, -0.1) is 0 Å². The van der Waals surface area contributed by atoms with Crippen LogP contribution in [0.15, 0.2) is 12.3 Å². The molecule has 1 atom stereocenters. The van der Waals surface area contributed by atoms with Crippen LogP contribution in [-0.4, -0.2) is 32.6 Å². The molecule has 0 aromatic carbocycles. The Hall–Kier alpha value is -2.44. The Morgan fingerprint density at radius 3 is 2.57 bits per heavy atom. The molecule has 2 aromatic rings. The quantitative estimate of drug-likeness (QED) is 0.903. The van der Waals surface area contributed by atoms with Crippen molar-refractivity contribution >= 4 is 28.5 Å². The lowest BCUT2D eigenvalue weighted by atomic mass is 9.95. The largest absolute Gasteiger partial charge is 0.344 e. The Morgan fingerprint density at radius 1 is 1.30 bits per heavy atom. The van der Waals surface area contributed by atoms with Gasteiger partial charge in [0.1, 0.15) is 6.04 Å². The van der Waals surface area contributed by atoms with E-state index in [1.54, 1.807) is 38.6 Å². The fourth-order valence-electron chi connectivity index (χ4n) is 2.11. The van der Waals surface area contributed by atoms with Crippen LogP contribution in [0.2, 0.25) is 0 Å². The van der Waals surface area contributed by atoms with Crippen molar-refractivity contribution in [3.8, 4) is 0 Å².